The van der Waals surface area contributed by atoms with Crippen LogP contribution >= 0.6 is 0 Å². The minimum atomic E-state index is -0.585. The smallest absolute Gasteiger partial charge is 0.120 e. The molecule has 0 bridgehead atoms. The highest BCUT2D eigenvalue weighted by atomic mass is 16.5. The summed E-state index contributed by atoms with van der Waals surface area (Å²) in [5, 5.41) is 13.5. The third-order valence-corrected chi connectivity index (χ3v) is 3.20. The first-order valence-electron chi connectivity index (χ1n) is 7.27. The van der Waals surface area contributed by atoms with Crippen molar-refractivity contribution in [2.45, 2.75) is 39.0 Å². The van der Waals surface area contributed by atoms with Gasteiger partial charge in [-0.25, -0.2) is 0 Å². The fourth-order valence-corrected chi connectivity index (χ4v) is 2.11. The van der Waals surface area contributed by atoms with Gasteiger partial charge in [0, 0.05) is 6.54 Å². The van der Waals surface area contributed by atoms with Crippen LogP contribution in [0.2, 0.25) is 0 Å². The second-order valence-electron chi connectivity index (χ2n) is 5.40. The van der Waals surface area contributed by atoms with Crippen LogP contribution in [0.5, 0.6) is 5.75 Å². The Bertz CT molecular complexity index is 537. The van der Waals surface area contributed by atoms with Crippen molar-refractivity contribution in [3.05, 3.63) is 54.0 Å². The van der Waals surface area contributed by atoms with Gasteiger partial charge in [-0.2, -0.15) is 0 Å². The van der Waals surface area contributed by atoms with Gasteiger partial charge in [0.1, 0.15) is 11.5 Å². The van der Waals surface area contributed by atoms with E-state index in [0.29, 0.717) is 6.54 Å². The topological polar surface area (TPSA) is 54.6 Å². The Hall–Kier alpha value is -1.78. The molecule has 0 aliphatic heterocycles. The molecule has 2 aromatic rings. The summed E-state index contributed by atoms with van der Waals surface area (Å²) in [4.78, 5) is 0. The predicted octanol–water partition coefficient (Wildman–Crippen LogP) is 3.45. The molecule has 1 aromatic heterocycles. The quantitative estimate of drug-likeness (QED) is 0.819. The second-order valence-corrected chi connectivity index (χ2v) is 5.40. The van der Waals surface area contributed by atoms with Gasteiger partial charge >= 0.3 is 0 Å². The van der Waals surface area contributed by atoms with Crippen molar-refractivity contribution in [2.24, 2.45) is 0 Å². The highest BCUT2D eigenvalue weighted by Gasteiger charge is 2.13. The van der Waals surface area contributed by atoms with E-state index in [9.17, 15) is 5.11 Å². The van der Waals surface area contributed by atoms with E-state index >= 15 is 0 Å². The molecule has 4 heteroatoms. The molecule has 2 unspecified atom stereocenters. The monoisotopic (exact) mass is 289 g/mol. The molecule has 0 amide bonds. The zero-order valence-corrected chi connectivity index (χ0v) is 12.7. The molecule has 1 aromatic carbocycles. The molecule has 21 heavy (non-hydrogen) atoms. The van der Waals surface area contributed by atoms with E-state index in [1.807, 2.05) is 57.2 Å². The second kappa shape index (κ2) is 7.29. The Morgan fingerprint density at radius 3 is 2.67 bits per heavy atom. The lowest BCUT2D eigenvalue weighted by Crippen LogP contribution is -2.24. The van der Waals surface area contributed by atoms with Gasteiger partial charge < -0.3 is 19.6 Å². The molecule has 0 fully saturated rings. The third-order valence-electron chi connectivity index (χ3n) is 3.20. The molecule has 0 saturated heterocycles. The number of nitrogens with one attached hydrogen (secondary N) is 1. The minimum absolute atomic E-state index is 0.0600. The maximum absolute atomic E-state index is 10.3. The van der Waals surface area contributed by atoms with Crippen LogP contribution in [0.3, 0.4) is 0 Å². The number of ether oxygens (including phenoxy) is 1. The number of rotatable bonds is 7. The predicted molar refractivity (Wildman–Crippen MR) is 82.3 cm³/mol. The van der Waals surface area contributed by atoms with Crippen LogP contribution in [0.1, 0.15) is 44.2 Å². The molecule has 0 aliphatic rings. The zero-order chi connectivity index (χ0) is 15.2. The van der Waals surface area contributed by atoms with E-state index < -0.39 is 6.10 Å². The summed E-state index contributed by atoms with van der Waals surface area (Å²) in [6.07, 6.45) is 1.18. The first-order valence-corrected chi connectivity index (χ1v) is 7.27. The first-order chi connectivity index (χ1) is 10.1. The van der Waals surface area contributed by atoms with E-state index in [0.717, 1.165) is 17.1 Å². The number of hydrogen-bond donors (Lipinski definition) is 2. The van der Waals surface area contributed by atoms with Gasteiger partial charge in [0.15, 0.2) is 0 Å². The maximum Gasteiger partial charge on any atom is 0.120 e. The number of hydrogen-bond acceptors (Lipinski definition) is 4. The summed E-state index contributed by atoms with van der Waals surface area (Å²) in [5.74, 6) is 1.64. The molecule has 4 nitrogen and oxygen atoms in total. The van der Waals surface area contributed by atoms with E-state index in [1.54, 1.807) is 6.26 Å². The standard InChI is InChI=1S/C17H23NO3/c1-12(2)21-15-7-4-6-14(10-15)16(19)11-18-13(3)17-8-5-9-20-17/h4-10,12-13,16,18-19H,11H2,1-3H3. The van der Waals surface area contributed by atoms with Crippen LogP contribution in [0.25, 0.3) is 0 Å². The van der Waals surface area contributed by atoms with Crippen LogP contribution in [0.4, 0.5) is 0 Å². The number of aliphatic hydroxyl groups is 1. The molecule has 1 heterocycles. The van der Waals surface area contributed by atoms with Gasteiger partial charge in [0.25, 0.3) is 0 Å². The van der Waals surface area contributed by atoms with Gasteiger partial charge in [-0.05, 0) is 50.6 Å². The fraction of sp³-hybridized carbons (Fsp3) is 0.412. The third kappa shape index (κ3) is 4.62. The van der Waals surface area contributed by atoms with E-state index in [-0.39, 0.29) is 12.1 Å². The molecule has 0 spiro atoms. The van der Waals surface area contributed by atoms with Crippen LogP contribution < -0.4 is 10.1 Å². The van der Waals surface area contributed by atoms with E-state index in [2.05, 4.69) is 5.32 Å². The van der Waals surface area contributed by atoms with Crippen molar-refractivity contribution in [3.63, 3.8) is 0 Å². The molecule has 0 saturated carbocycles. The number of aliphatic hydroxyl groups excluding tert-OH is 1. The van der Waals surface area contributed by atoms with Crippen molar-refractivity contribution in [2.75, 3.05) is 6.54 Å². The molecular weight excluding hydrogens is 266 g/mol. The number of furan rings is 1. The summed E-state index contributed by atoms with van der Waals surface area (Å²) in [6, 6.07) is 11.4. The van der Waals surface area contributed by atoms with Gasteiger partial charge in [-0.15, -0.1) is 0 Å². The van der Waals surface area contributed by atoms with Crippen molar-refractivity contribution >= 4 is 0 Å². The molecular formula is C17H23NO3. The fourth-order valence-electron chi connectivity index (χ4n) is 2.11. The van der Waals surface area contributed by atoms with Crippen molar-refractivity contribution in [1.82, 2.24) is 5.32 Å². The van der Waals surface area contributed by atoms with Gasteiger partial charge in [-0.1, -0.05) is 12.1 Å². The lowest BCUT2D eigenvalue weighted by atomic mass is 10.1. The number of benzene rings is 1. The SMILES string of the molecule is CC(C)Oc1cccc(C(O)CNC(C)c2ccco2)c1. The van der Waals surface area contributed by atoms with Gasteiger partial charge in [0.2, 0.25) is 0 Å². The molecule has 0 aliphatic carbocycles. The lowest BCUT2D eigenvalue weighted by molar-refractivity contribution is 0.168. The highest BCUT2D eigenvalue weighted by Crippen LogP contribution is 2.21. The van der Waals surface area contributed by atoms with E-state index in [1.165, 1.54) is 0 Å². The molecule has 0 radical (unpaired) electrons. The van der Waals surface area contributed by atoms with Crippen molar-refractivity contribution < 1.29 is 14.3 Å². The van der Waals surface area contributed by atoms with Crippen molar-refractivity contribution in [1.29, 1.82) is 0 Å². The van der Waals surface area contributed by atoms with Crippen molar-refractivity contribution in [3.8, 4) is 5.75 Å². The minimum Gasteiger partial charge on any atom is -0.491 e. The summed E-state index contributed by atoms with van der Waals surface area (Å²) in [6.45, 7) is 6.42. The molecule has 2 rings (SSSR count). The Balaban J connectivity index is 1.92. The maximum atomic E-state index is 10.3. The Labute approximate surface area is 125 Å². The summed E-state index contributed by atoms with van der Waals surface area (Å²) < 4.78 is 11.0. The first kappa shape index (κ1) is 15.6. The zero-order valence-electron chi connectivity index (χ0n) is 12.7. The average Bonchev–Trinajstić information content (AvgIpc) is 2.98. The molecule has 114 valence electrons. The van der Waals surface area contributed by atoms with Crippen LogP contribution in [-0.4, -0.2) is 17.8 Å². The van der Waals surface area contributed by atoms with E-state index in [4.69, 9.17) is 9.15 Å². The normalized spacial score (nSPS) is 14.1. The van der Waals surface area contributed by atoms with Gasteiger partial charge in [0.05, 0.1) is 24.5 Å². The molecule has 2 atom stereocenters. The Morgan fingerprint density at radius 1 is 1.19 bits per heavy atom. The van der Waals surface area contributed by atoms with Crippen LogP contribution in [0, 0.1) is 0 Å². The van der Waals surface area contributed by atoms with Crippen LogP contribution in [0.15, 0.2) is 47.1 Å². The summed E-state index contributed by atoms with van der Waals surface area (Å²) in [7, 11) is 0. The average molecular weight is 289 g/mol. The molecule has 2 N–H and O–H groups in total. The summed E-state index contributed by atoms with van der Waals surface area (Å²) in [5.41, 5.74) is 0.840. The summed E-state index contributed by atoms with van der Waals surface area (Å²) >= 11 is 0. The highest BCUT2D eigenvalue weighted by molar-refractivity contribution is 5.30. The Kier molecular flexibility index (Phi) is 5.42. The van der Waals surface area contributed by atoms with Crippen LogP contribution in [-0.2, 0) is 0 Å². The Morgan fingerprint density at radius 2 is 2.00 bits per heavy atom. The van der Waals surface area contributed by atoms with Gasteiger partial charge in [-0.3, -0.25) is 0 Å². The lowest BCUT2D eigenvalue weighted by Gasteiger charge is -2.17. The largest absolute Gasteiger partial charge is 0.491 e.